The van der Waals surface area contributed by atoms with E-state index >= 15 is 0 Å². The van der Waals surface area contributed by atoms with Crippen molar-refractivity contribution in [2.24, 2.45) is 0 Å². The number of hydrogen-bond donors (Lipinski definition) is 2. The summed E-state index contributed by atoms with van der Waals surface area (Å²) in [5.74, 6) is -2.35. The second kappa shape index (κ2) is 8.25. The van der Waals surface area contributed by atoms with Gasteiger partial charge in [0.15, 0.2) is 0 Å². The molecule has 1 aliphatic heterocycles. The average Bonchev–Trinajstić information content (AvgIpc) is 3.11. The Morgan fingerprint density at radius 1 is 1.07 bits per heavy atom. The number of carboxylic acid groups (broad SMARTS) is 1. The SMILES string of the molecule is CC1(C(=O)NCC(C(=O)O)c2ccccc2)CCCN1C(=O)c1ccccc1. The van der Waals surface area contributed by atoms with Crippen LogP contribution in [0.4, 0.5) is 0 Å². The first kappa shape index (κ1) is 19.6. The molecule has 1 aliphatic rings. The van der Waals surface area contributed by atoms with Crippen LogP contribution in [0.2, 0.25) is 0 Å². The number of rotatable bonds is 6. The van der Waals surface area contributed by atoms with Crippen molar-refractivity contribution in [3.63, 3.8) is 0 Å². The number of likely N-dealkylation sites (tertiary alicyclic amines) is 1. The number of carboxylic acids is 1. The molecular weight excluding hydrogens is 356 g/mol. The molecule has 6 heteroatoms. The van der Waals surface area contributed by atoms with Crippen LogP contribution in [0.25, 0.3) is 0 Å². The molecule has 1 saturated heterocycles. The van der Waals surface area contributed by atoms with Gasteiger partial charge in [-0.2, -0.15) is 0 Å². The molecule has 2 amide bonds. The summed E-state index contributed by atoms with van der Waals surface area (Å²) in [7, 11) is 0. The molecule has 1 heterocycles. The van der Waals surface area contributed by atoms with Crippen LogP contribution in [0.3, 0.4) is 0 Å². The highest BCUT2D eigenvalue weighted by atomic mass is 16.4. The van der Waals surface area contributed by atoms with E-state index in [4.69, 9.17) is 0 Å². The molecule has 0 radical (unpaired) electrons. The zero-order chi connectivity index (χ0) is 20.1. The lowest BCUT2D eigenvalue weighted by molar-refractivity contribution is -0.139. The second-order valence-corrected chi connectivity index (χ2v) is 7.21. The van der Waals surface area contributed by atoms with E-state index in [1.54, 1.807) is 60.4 Å². The summed E-state index contributed by atoms with van der Waals surface area (Å²) in [6.07, 6.45) is 1.27. The lowest BCUT2D eigenvalue weighted by atomic mass is 9.95. The van der Waals surface area contributed by atoms with Crippen molar-refractivity contribution in [1.29, 1.82) is 0 Å². The van der Waals surface area contributed by atoms with E-state index in [1.165, 1.54) is 0 Å². The van der Waals surface area contributed by atoms with E-state index < -0.39 is 17.4 Å². The van der Waals surface area contributed by atoms with E-state index in [-0.39, 0.29) is 18.4 Å². The Labute approximate surface area is 164 Å². The van der Waals surface area contributed by atoms with Gasteiger partial charge in [-0.15, -0.1) is 0 Å². The van der Waals surface area contributed by atoms with Crippen LogP contribution in [0, 0.1) is 0 Å². The Balaban J connectivity index is 1.73. The minimum absolute atomic E-state index is 0.0266. The normalized spacial score (nSPS) is 19.8. The summed E-state index contributed by atoms with van der Waals surface area (Å²) in [6, 6.07) is 17.7. The van der Waals surface area contributed by atoms with Crippen LogP contribution in [0.5, 0.6) is 0 Å². The van der Waals surface area contributed by atoms with Crippen molar-refractivity contribution in [2.45, 2.75) is 31.2 Å². The van der Waals surface area contributed by atoms with Gasteiger partial charge in [-0.3, -0.25) is 14.4 Å². The number of carbonyl (C=O) groups excluding carboxylic acids is 2. The monoisotopic (exact) mass is 380 g/mol. The van der Waals surface area contributed by atoms with E-state index in [2.05, 4.69) is 5.32 Å². The van der Waals surface area contributed by atoms with Gasteiger partial charge in [0.2, 0.25) is 5.91 Å². The summed E-state index contributed by atoms with van der Waals surface area (Å²) in [5.41, 5.74) is 0.173. The molecule has 2 aromatic carbocycles. The quantitative estimate of drug-likeness (QED) is 0.807. The number of nitrogens with one attached hydrogen (secondary N) is 1. The molecule has 2 atom stereocenters. The summed E-state index contributed by atoms with van der Waals surface area (Å²) in [5, 5.41) is 12.3. The lowest BCUT2D eigenvalue weighted by Gasteiger charge is -2.34. The largest absolute Gasteiger partial charge is 0.481 e. The summed E-state index contributed by atoms with van der Waals surface area (Å²) >= 11 is 0. The molecule has 0 bridgehead atoms. The Hall–Kier alpha value is -3.15. The minimum Gasteiger partial charge on any atom is -0.481 e. The maximum Gasteiger partial charge on any atom is 0.312 e. The zero-order valence-electron chi connectivity index (χ0n) is 15.8. The van der Waals surface area contributed by atoms with Gasteiger partial charge in [0.25, 0.3) is 5.91 Å². The van der Waals surface area contributed by atoms with E-state index in [9.17, 15) is 19.5 Å². The smallest absolute Gasteiger partial charge is 0.312 e. The fraction of sp³-hybridized carbons (Fsp3) is 0.318. The van der Waals surface area contributed by atoms with Crippen LogP contribution in [-0.2, 0) is 9.59 Å². The molecule has 0 aromatic heterocycles. The first-order chi connectivity index (χ1) is 13.4. The van der Waals surface area contributed by atoms with Crippen molar-refractivity contribution in [2.75, 3.05) is 13.1 Å². The lowest BCUT2D eigenvalue weighted by Crippen LogP contribution is -2.56. The van der Waals surface area contributed by atoms with Crippen LogP contribution in [0.1, 0.15) is 41.6 Å². The predicted octanol–water partition coefficient (Wildman–Crippen LogP) is 2.67. The first-order valence-electron chi connectivity index (χ1n) is 9.36. The van der Waals surface area contributed by atoms with Gasteiger partial charge in [0.1, 0.15) is 5.54 Å². The van der Waals surface area contributed by atoms with Gasteiger partial charge in [-0.1, -0.05) is 48.5 Å². The van der Waals surface area contributed by atoms with E-state index in [0.717, 1.165) is 6.42 Å². The average molecular weight is 380 g/mol. The number of nitrogens with zero attached hydrogens (tertiary/aromatic N) is 1. The molecule has 0 spiro atoms. The van der Waals surface area contributed by atoms with Gasteiger partial charge >= 0.3 is 5.97 Å². The fourth-order valence-corrected chi connectivity index (χ4v) is 3.68. The highest BCUT2D eigenvalue weighted by Crippen LogP contribution is 2.31. The molecule has 1 fully saturated rings. The Kier molecular flexibility index (Phi) is 5.78. The maximum absolute atomic E-state index is 13.0. The molecule has 3 rings (SSSR count). The summed E-state index contributed by atoms with van der Waals surface area (Å²) < 4.78 is 0. The second-order valence-electron chi connectivity index (χ2n) is 7.21. The molecule has 0 saturated carbocycles. The molecule has 2 N–H and O–H groups in total. The van der Waals surface area contributed by atoms with Crippen molar-refractivity contribution in [3.8, 4) is 0 Å². The van der Waals surface area contributed by atoms with E-state index in [0.29, 0.717) is 24.1 Å². The topological polar surface area (TPSA) is 86.7 Å². The molecule has 28 heavy (non-hydrogen) atoms. The minimum atomic E-state index is -1.000. The molecule has 6 nitrogen and oxygen atoms in total. The third-order valence-electron chi connectivity index (χ3n) is 5.36. The maximum atomic E-state index is 13.0. The van der Waals surface area contributed by atoms with Gasteiger partial charge in [-0.05, 0) is 37.5 Å². The number of hydrogen-bond acceptors (Lipinski definition) is 3. The summed E-state index contributed by atoms with van der Waals surface area (Å²) in [4.78, 5) is 39.1. The predicted molar refractivity (Wildman–Crippen MR) is 105 cm³/mol. The van der Waals surface area contributed by atoms with Crippen LogP contribution < -0.4 is 5.32 Å². The first-order valence-corrected chi connectivity index (χ1v) is 9.36. The Morgan fingerprint density at radius 2 is 1.68 bits per heavy atom. The molecule has 146 valence electrons. The fourth-order valence-electron chi connectivity index (χ4n) is 3.68. The van der Waals surface area contributed by atoms with Gasteiger partial charge in [0.05, 0.1) is 5.92 Å². The third kappa shape index (κ3) is 3.91. The molecule has 2 aromatic rings. The highest BCUT2D eigenvalue weighted by Gasteiger charge is 2.46. The Bertz CT molecular complexity index is 853. The Morgan fingerprint density at radius 3 is 2.29 bits per heavy atom. The van der Waals surface area contributed by atoms with E-state index in [1.807, 2.05) is 12.1 Å². The standard InChI is InChI=1S/C22H24N2O4/c1-22(13-8-14-24(22)19(25)17-11-6-3-7-12-17)21(28)23-15-18(20(26)27)16-9-4-2-5-10-16/h2-7,9-12,18H,8,13-15H2,1H3,(H,23,28)(H,26,27). The van der Waals surface area contributed by atoms with Crippen molar-refractivity contribution in [3.05, 3.63) is 71.8 Å². The van der Waals surface area contributed by atoms with Crippen LogP contribution in [0.15, 0.2) is 60.7 Å². The van der Waals surface area contributed by atoms with Crippen molar-refractivity contribution < 1.29 is 19.5 Å². The van der Waals surface area contributed by atoms with Crippen molar-refractivity contribution in [1.82, 2.24) is 10.2 Å². The number of carbonyl (C=O) groups is 3. The summed E-state index contributed by atoms with van der Waals surface area (Å²) in [6.45, 7) is 2.22. The number of amides is 2. The van der Waals surface area contributed by atoms with Gasteiger partial charge in [-0.25, -0.2) is 0 Å². The highest BCUT2D eigenvalue weighted by molar-refractivity contribution is 5.99. The molecular formula is C22H24N2O4. The zero-order valence-corrected chi connectivity index (χ0v) is 15.8. The molecule has 0 aliphatic carbocycles. The van der Waals surface area contributed by atoms with Crippen LogP contribution in [-0.4, -0.2) is 46.4 Å². The number of aliphatic carboxylic acids is 1. The van der Waals surface area contributed by atoms with Crippen molar-refractivity contribution >= 4 is 17.8 Å². The number of benzene rings is 2. The molecule has 2 unspecified atom stereocenters. The van der Waals surface area contributed by atoms with Gasteiger partial charge in [0, 0.05) is 18.7 Å². The third-order valence-corrected chi connectivity index (χ3v) is 5.36. The van der Waals surface area contributed by atoms with Crippen LogP contribution >= 0.6 is 0 Å². The van der Waals surface area contributed by atoms with Gasteiger partial charge < -0.3 is 15.3 Å².